The minimum absolute atomic E-state index is 0. The quantitative estimate of drug-likeness (QED) is 0.832. The summed E-state index contributed by atoms with van der Waals surface area (Å²) in [4.78, 5) is 28.4. The fourth-order valence-corrected chi connectivity index (χ4v) is 3.51. The van der Waals surface area contributed by atoms with Crippen molar-refractivity contribution in [2.24, 2.45) is 5.92 Å². The van der Waals surface area contributed by atoms with Gasteiger partial charge in [-0.25, -0.2) is 0 Å². The number of fused-ring (bicyclic) bond motifs is 1. The molecule has 1 fully saturated rings. The van der Waals surface area contributed by atoms with E-state index < -0.39 is 0 Å². The predicted octanol–water partition coefficient (Wildman–Crippen LogP) is 1.71. The molecule has 0 aromatic heterocycles. The van der Waals surface area contributed by atoms with Crippen molar-refractivity contribution < 1.29 is 9.59 Å². The molecule has 6 nitrogen and oxygen atoms in total. The highest BCUT2D eigenvalue weighted by Crippen LogP contribution is 2.29. The van der Waals surface area contributed by atoms with Crippen LogP contribution in [0, 0.1) is 5.92 Å². The van der Waals surface area contributed by atoms with Crippen LogP contribution in [0.1, 0.15) is 19.3 Å². The lowest BCUT2D eigenvalue weighted by Crippen LogP contribution is -2.48. The zero-order chi connectivity index (χ0) is 16.9. The Balaban J connectivity index is 0.00000225. The monoisotopic (exact) mass is 366 g/mol. The Hall–Kier alpha value is -1.63. The van der Waals surface area contributed by atoms with Crippen molar-refractivity contribution in [3.05, 3.63) is 24.3 Å². The number of hydrogen-bond donors (Lipinski definition) is 2. The topological polar surface area (TPSA) is 64.7 Å². The van der Waals surface area contributed by atoms with Crippen LogP contribution in [0.4, 0.5) is 11.4 Å². The van der Waals surface area contributed by atoms with Gasteiger partial charge in [0, 0.05) is 0 Å². The molecule has 0 spiro atoms. The summed E-state index contributed by atoms with van der Waals surface area (Å²) < 4.78 is 0. The van der Waals surface area contributed by atoms with Gasteiger partial charge in [-0.05, 0) is 64.0 Å². The highest BCUT2D eigenvalue weighted by molar-refractivity contribution is 6.10. The first-order valence-corrected chi connectivity index (χ1v) is 8.73. The SMILES string of the molecule is CNCCC1CCN(CC(=O)N2CC(=O)Nc3ccccc32)CC1.Cl. The molecule has 2 amide bonds. The number of anilines is 2. The lowest BCUT2D eigenvalue weighted by Gasteiger charge is -2.34. The van der Waals surface area contributed by atoms with Gasteiger partial charge in [0.05, 0.1) is 17.9 Å². The molecule has 1 aromatic rings. The second-order valence-electron chi connectivity index (χ2n) is 6.66. The number of rotatable bonds is 5. The second-order valence-corrected chi connectivity index (χ2v) is 6.66. The van der Waals surface area contributed by atoms with Crippen molar-refractivity contribution in [3.8, 4) is 0 Å². The lowest BCUT2D eigenvalue weighted by molar-refractivity contribution is -0.123. The van der Waals surface area contributed by atoms with E-state index >= 15 is 0 Å². The van der Waals surface area contributed by atoms with Gasteiger partial charge in [0.2, 0.25) is 11.8 Å². The van der Waals surface area contributed by atoms with E-state index in [0.29, 0.717) is 12.2 Å². The maximum atomic E-state index is 12.7. The molecule has 2 aliphatic heterocycles. The highest BCUT2D eigenvalue weighted by Gasteiger charge is 2.28. The van der Waals surface area contributed by atoms with E-state index in [9.17, 15) is 9.59 Å². The third-order valence-electron chi connectivity index (χ3n) is 4.94. The Bertz CT molecular complexity index is 602. The van der Waals surface area contributed by atoms with Gasteiger partial charge in [-0.3, -0.25) is 19.4 Å². The molecule has 7 heteroatoms. The largest absolute Gasteiger partial charge is 0.323 e. The molecule has 3 rings (SSSR count). The number of carbonyl (C=O) groups excluding carboxylic acids is 2. The number of benzene rings is 1. The minimum atomic E-state index is -0.132. The summed E-state index contributed by atoms with van der Waals surface area (Å²) in [5.41, 5.74) is 1.51. The fraction of sp³-hybridized carbons (Fsp3) is 0.556. The number of para-hydroxylation sites is 2. The van der Waals surface area contributed by atoms with Gasteiger partial charge in [-0.1, -0.05) is 12.1 Å². The van der Waals surface area contributed by atoms with Crippen molar-refractivity contribution in [1.82, 2.24) is 10.2 Å². The second kappa shape index (κ2) is 9.17. The summed E-state index contributed by atoms with van der Waals surface area (Å²) in [5.74, 6) is 0.629. The molecule has 0 bridgehead atoms. The van der Waals surface area contributed by atoms with Crippen LogP contribution in [0.3, 0.4) is 0 Å². The third kappa shape index (κ3) is 4.93. The van der Waals surface area contributed by atoms with Crippen molar-refractivity contribution in [1.29, 1.82) is 0 Å². The fourth-order valence-electron chi connectivity index (χ4n) is 3.51. The van der Waals surface area contributed by atoms with Gasteiger partial charge in [0.15, 0.2) is 0 Å². The molecule has 0 saturated carbocycles. The lowest BCUT2D eigenvalue weighted by atomic mass is 9.93. The third-order valence-corrected chi connectivity index (χ3v) is 4.94. The first kappa shape index (κ1) is 19.7. The van der Waals surface area contributed by atoms with Crippen molar-refractivity contribution in [3.63, 3.8) is 0 Å². The van der Waals surface area contributed by atoms with Gasteiger partial charge in [0.25, 0.3) is 0 Å². The van der Waals surface area contributed by atoms with E-state index in [0.717, 1.165) is 44.1 Å². The number of likely N-dealkylation sites (tertiary alicyclic amines) is 1. The number of halogens is 1. The Morgan fingerprint density at radius 3 is 2.72 bits per heavy atom. The molecule has 1 saturated heterocycles. The molecule has 2 heterocycles. The van der Waals surface area contributed by atoms with Gasteiger partial charge in [-0.2, -0.15) is 0 Å². The summed E-state index contributed by atoms with van der Waals surface area (Å²) in [6, 6.07) is 7.48. The van der Waals surface area contributed by atoms with E-state index in [-0.39, 0.29) is 30.8 Å². The summed E-state index contributed by atoms with van der Waals surface area (Å²) in [6.07, 6.45) is 3.50. The molecule has 138 valence electrons. The number of piperidine rings is 1. The summed E-state index contributed by atoms with van der Waals surface area (Å²) in [7, 11) is 1.99. The van der Waals surface area contributed by atoms with E-state index in [4.69, 9.17) is 0 Å². The molecule has 0 unspecified atom stereocenters. The van der Waals surface area contributed by atoms with Crippen LogP contribution in [-0.2, 0) is 9.59 Å². The van der Waals surface area contributed by atoms with Crippen LogP contribution < -0.4 is 15.5 Å². The molecule has 25 heavy (non-hydrogen) atoms. The van der Waals surface area contributed by atoms with Crippen LogP contribution in [-0.4, -0.2) is 56.5 Å². The van der Waals surface area contributed by atoms with Gasteiger partial charge < -0.3 is 10.6 Å². The summed E-state index contributed by atoms with van der Waals surface area (Å²) >= 11 is 0. The molecule has 0 aliphatic carbocycles. The number of nitrogens with zero attached hydrogens (tertiary/aromatic N) is 2. The predicted molar refractivity (Wildman–Crippen MR) is 102 cm³/mol. The van der Waals surface area contributed by atoms with Crippen LogP contribution in [0.2, 0.25) is 0 Å². The molecule has 0 radical (unpaired) electrons. The Morgan fingerprint density at radius 1 is 1.28 bits per heavy atom. The van der Waals surface area contributed by atoms with Crippen molar-refractivity contribution in [2.75, 3.05) is 50.0 Å². The number of amides is 2. The molecule has 2 aliphatic rings. The van der Waals surface area contributed by atoms with Gasteiger partial charge in [-0.15, -0.1) is 12.4 Å². The number of carbonyl (C=O) groups is 2. The van der Waals surface area contributed by atoms with Crippen molar-refractivity contribution in [2.45, 2.75) is 19.3 Å². The Kier molecular flexibility index (Phi) is 7.23. The summed E-state index contributed by atoms with van der Waals surface area (Å²) in [6.45, 7) is 3.47. The van der Waals surface area contributed by atoms with Gasteiger partial charge in [0.1, 0.15) is 6.54 Å². The standard InChI is InChI=1S/C18H26N4O2.ClH/c1-19-9-6-14-7-10-21(11-8-14)13-18(24)22-12-17(23)20-15-4-2-3-5-16(15)22;/h2-5,14,19H,6-13H2,1H3,(H,20,23);1H. The number of nitrogens with one attached hydrogen (secondary N) is 2. The molecular formula is C18H27ClN4O2. The zero-order valence-corrected chi connectivity index (χ0v) is 15.5. The number of hydrogen-bond acceptors (Lipinski definition) is 4. The molecule has 1 aromatic carbocycles. The van der Waals surface area contributed by atoms with Crippen molar-refractivity contribution >= 4 is 35.6 Å². The zero-order valence-electron chi connectivity index (χ0n) is 14.7. The first-order valence-electron chi connectivity index (χ1n) is 8.73. The van der Waals surface area contributed by atoms with Crippen LogP contribution >= 0.6 is 12.4 Å². The summed E-state index contributed by atoms with van der Waals surface area (Å²) in [5, 5.41) is 6.02. The Labute approximate surface area is 155 Å². The van der Waals surface area contributed by atoms with Gasteiger partial charge >= 0.3 is 0 Å². The van der Waals surface area contributed by atoms with Crippen LogP contribution in [0.5, 0.6) is 0 Å². The average molecular weight is 367 g/mol. The maximum absolute atomic E-state index is 12.7. The maximum Gasteiger partial charge on any atom is 0.244 e. The molecular weight excluding hydrogens is 340 g/mol. The van der Waals surface area contributed by atoms with E-state index in [1.54, 1.807) is 4.90 Å². The van der Waals surface area contributed by atoms with E-state index in [1.807, 2.05) is 31.3 Å². The molecule has 0 atom stereocenters. The smallest absolute Gasteiger partial charge is 0.244 e. The van der Waals surface area contributed by atoms with E-state index in [2.05, 4.69) is 15.5 Å². The van der Waals surface area contributed by atoms with Crippen LogP contribution in [0.15, 0.2) is 24.3 Å². The molecule has 2 N–H and O–H groups in total. The first-order chi connectivity index (χ1) is 11.7. The highest BCUT2D eigenvalue weighted by atomic mass is 35.5. The van der Waals surface area contributed by atoms with E-state index in [1.165, 1.54) is 6.42 Å². The average Bonchev–Trinajstić information content (AvgIpc) is 2.60. The van der Waals surface area contributed by atoms with Crippen LogP contribution in [0.25, 0.3) is 0 Å². The normalized spacial score (nSPS) is 18.3. The Morgan fingerprint density at radius 2 is 2.00 bits per heavy atom. The minimum Gasteiger partial charge on any atom is -0.323 e.